The lowest BCUT2D eigenvalue weighted by Gasteiger charge is -2.32. The van der Waals surface area contributed by atoms with Crippen LogP contribution in [0.15, 0.2) is 60.8 Å². The lowest BCUT2D eigenvalue weighted by molar-refractivity contribution is 0.146. The van der Waals surface area contributed by atoms with E-state index in [1.165, 1.54) is 17.2 Å². The van der Waals surface area contributed by atoms with E-state index in [9.17, 15) is 8.78 Å². The molecule has 0 bridgehead atoms. The van der Waals surface area contributed by atoms with Crippen molar-refractivity contribution in [1.29, 1.82) is 0 Å². The molecule has 1 atom stereocenters. The third-order valence-electron chi connectivity index (χ3n) is 5.67. The zero-order chi connectivity index (χ0) is 21.0. The molecule has 29 heavy (non-hydrogen) atoms. The zero-order valence-corrected chi connectivity index (χ0v) is 17.7. The zero-order valence-electron chi connectivity index (χ0n) is 17.7. The topological polar surface area (TPSA) is 8.17 Å². The van der Waals surface area contributed by atoms with Crippen LogP contribution < -0.4 is 0 Å². The molecule has 4 heteroatoms. The number of halogens is 2. The SMILES string of the molecule is Cc1cccc(Cn2cccc2CN(Cc2cccc(F)c2F)[C@H](C)C(C)C)c1. The van der Waals surface area contributed by atoms with Gasteiger partial charge in [0.05, 0.1) is 0 Å². The van der Waals surface area contributed by atoms with E-state index in [2.05, 4.69) is 73.7 Å². The highest BCUT2D eigenvalue weighted by Gasteiger charge is 2.21. The summed E-state index contributed by atoms with van der Waals surface area (Å²) in [6.45, 7) is 10.4. The first kappa shape index (κ1) is 21.3. The Bertz CT molecular complexity index is 946. The van der Waals surface area contributed by atoms with E-state index < -0.39 is 11.6 Å². The van der Waals surface area contributed by atoms with Gasteiger partial charge in [-0.3, -0.25) is 4.90 Å². The van der Waals surface area contributed by atoms with E-state index in [0.29, 0.717) is 24.6 Å². The van der Waals surface area contributed by atoms with E-state index >= 15 is 0 Å². The molecule has 0 saturated heterocycles. The Morgan fingerprint density at radius 2 is 1.69 bits per heavy atom. The fourth-order valence-corrected chi connectivity index (χ4v) is 3.62. The molecule has 0 aliphatic heterocycles. The number of hydrogen-bond acceptors (Lipinski definition) is 1. The first-order valence-corrected chi connectivity index (χ1v) is 10.2. The maximum Gasteiger partial charge on any atom is 0.163 e. The minimum Gasteiger partial charge on any atom is -0.346 e. The van der Waals surface area contributed by atoms with Gasteiger partial charge in [-0.2, -0.15) is 0 Å². The van der Waals surface area contributed by atoms with E-state index in [1.807, 2.05) is 6.07 Å². The molecule has 0 N–H and O–H groups in total. The summed E-state index contributed by atoms with van der Waals surface area (Å²) in [5, 5.41) is 0. The number of benzene rings is 2. The Kier molecular flexibility index (Phi) is 6.86. The second-order valence-corrected chi connectivity index (χ2v) is 8.22. The average molecular weight is 397 g/mol. The Balaban J connectivity index is 1.83. The van der Waals surface area contributed by atoms with Crippen molar-refractivity contribution >= 4 is 0 Å². The van der Waals surface area contributed by atoms with Gasteiger partial charge < -0.3 is 4.57 Å². The van der Waals surface area contributed by atoms with Crippen molar-refractivity contribution < 1.29 is 8.78 Å². The quantitative estimate of drug-likeness (QED) is 0.442. The predicted octanol–water partition coefficient (Wildman–Crippen LogP) is 6.17. The van der Waals surface area contributed by atoms with Gasteiger partial charge in [-0.05, 0) is 43.5 Å². The number of nitrogens with zero attached hydrogens (tertiary/aromatic N) is 2. The summed E-state index contributed by atoms with van der Waals surface area (Å²) in [5.41, 5.74) is 4.06. The fourth-order valence-electron chi connectivity index (χ4n) is 3.62. The maximum absolute atomic E-state index is 14.3. The largest absolute Gasteiger partial charge is 0.346 e. The molecular formula is C25H30F2N2. The molecule has 0 fully saturated rings. The highest BCUT2D eigenvalue weighted by Crippen LogP contribution is 2.21. The molecule has 3 aromatic rings. The van der Waals surface area contributed by atoms with Crippen LogP contribution >= 0.6 is 0 Å². The van der Waals surface area contributed by atoms with Gasteiger partial charge >= 0.3 is 0 Å². The molecule has 0 unspecified atom stereocenters. The van der Waals surface area contributed by atoms with Gasteiger partial charge in [-0.1, -0.05) is 55.8 Å². The van der Waals surface area contributed by atoms with Gasteiger partial charge in [-0.25, -0.2) is 8.78 Å². The molecule has 2 nitrogen and oxygen atoms in total. The summed E-state index contributed by atoms with van der Waals surface area (Å²) in [6.07, 6.45) is 2.08. The first-order valence-electron chi connectivity index (χ1n) is 10.2. The molecule has 1 aromatic heterocycles. The lowest BCUT2D eigenvalue weighted by Crippen LogP contribution is -2.36. The monoisotopic (exact) mass is 396 g/mol. The van der Waals surface area contributed by atoms with Crippen LogP contribution in [0.25, 0.3) is 0 Å². The van der Waals surface area contributed by atoms with Crippen LogP contribution in [0, 0.1) is 24.5 Å². The van der Waals surface area contributed by atoms with Gasteiger partial charge in [0.1, 0.15) is 0 Å². The number of aromatic nitrogens is 1. The molecule has 1 heterocycles. The van der Waals surface area contributed by atoms with Gasteiger partial charge in [0, 0.05) is 43.1 Å². The maximum atomic E-state index is 14.3. The summed E-state index contributed by atoms with van der Waals surface area (Å²) in [5.74, 6) is -1.14. The van der Waals surface area contributed by atoms with Crippen LogP contribution in [0.2, 0.25) is 0 Å². The van der Waals surface area contributed by atoms with Gasteiger partial charge in [-0.15, -0.1) is 0 Å². The van der Waals surface area contributed by atoms with Crippen LogP contribution in [0.1, 0.15) is 43.2 Å². The smallest absolute Gasteiger partial charge is 0.163 e. The number of rotatable bonds is 8. The minimum atomic E-state index is -0.789. The van der Waals surface area contributed by atoms with Crippen molar-refractivity contribution in [2.24, 2.45) is 5.92 Å². The molecule has 0 radical (unpaired) electrons. The predicted molar refractivity (Wildman–Crippen MR) is 115 cm³/mol. The molecule has 154 valence electrons. The van der Waals surface area contributed by atoms with E-state index in [4.69, 9.17) is 0 Å². The molecule has 3 rings (SSSR count). The van der Waals surface area contributed by atoms with Crippen molar-refractivity contribution in [3.63, 3.8) is 0 Å². The van der Waals surface area contributed by atoms with Crippen molar-refractivity contribution in [3.8, 4) is 0 Å². The molecule has 0 amide bonds. The first-order chi connectivity index (χ1) is 13.8. The Morgan fingerprint density at radius 1 is 0.931 bits per heavy atom. The highest BCUT2D eigenvalue weighted by molar-refractivity contribution is 5.24. The second kappa shape index (κ2) is 9.36. The van der Waals surface area contributed by atoms with Crippen LogP contribution in [0.4, 0.5) is 8.78 Å². The summed E-state index contributed by atoms with van der Waals surface area (Å²) in [7, 11) is 0. The van der Waals surface area contributed by atoms with Crippen molar-refractivity contribution in [2.75, 3.05) is 0 Å². The second-order valence-electron chi connectivity index (χ2n) is 8.22. The number of aryl methyl sites for hydroxylation is 1. The molecule has 0 aliphatic carbocycles. The van der Waals surface area contributed by atoms with Gasteiger partial charge in [0.15, 0.2) is 11.6 Å². The summed E-state index contributed by atoms with van der Waals surface area (Å²) >= 11 is 0. The van der Waals surface area contributed by atoms with Crippen molar-refractivity contribution in [1.82, 2.24) is 9.47 Å². The summed E-state index contributed by atoms with van der Waals surface area (Å²) in [6, 6.07) is 17.3. The van der Waals surface area contributed by atoms with Crippen LogP contribution in [0.3, 0.4) is 0 Å². The van der Waals surface area contributed by atoms with Crippen LogP contribution in [0.5, 0.6) is 0 Å². The third-order valence-corrected chi connectivity index (χ3v) is 5.67. The summed E-state index contributed by atoms with van der Waals surface area (Å²) in [4.78, 5) is 2.23. The Morgan fingerprint density at radius 3 is 2.41 bits per heavy atom. The van der Waals surface area contributed by atoms with E-state index in [-0.39, 0.29) is 6.04 Å². The Labute approximate surface area is 172 Å². The molecule has 2 aromatic carbocycles. The number of hydrogen-bond donors (Lipinski definition) is 0. The highest BCUT2D eigenvalue weighted by atomic mass is 19.2. The molecular weight excluding hydrogens is 366 g/mol. The standard InChI is InChI=1S/C25H30F2N2/c1-18(2)20(4)29(16-22-10-6-12-24(26)25(22)27)17-23-11-7-13-28(23)15-21-9-5-8-19(3)14-21/h5-14,18,20H,15-17H2,1-4H3/t20-/m1/s1. The summed E-state index contributed by atoms with van der Waals surface area (Å²) < 4.78 is 30.2. The molecule has 0 aliphatic rings. The van der Waals surface area contributed by atoms with E-state index in [0.717, 1.165) is 12.2 Å². The molecule has 0 saturated carbocycles. The van der Waals surface area contributed by atoms with Gasteiger partial charge in [0.2, 0.25) is 0 Å². The van der Waals surface area contributed by atoms with E-state index in [1.54, 1.807) is 12.1 Å². The normalized spacial score (nSPS) is 12.7. The van der Waals surface area contributed by atoms with Crippen LogP contribution in [-0.2, 0) is 19.6 Å². The minimum absolute atomic E-state index is 0.222. The molecule has 0 spiro atoms. The van der Waals surface area contributed by atoms with Crippen molar-refractivity contribution in [2.45, 2.75) is 53.4 Å². The van der Waals surface area contributed by atoms with Crippen LogP contribution in [-0.4, -0.2) is 15.5 Å². The van der Waals surface area contributed by atoms with Crippen molar-refractivity contribution in [3.05, 3.63) is 94.8 Å². The lowest BCUT2D eigenvalue weighted by atomic mass is 10.0. The Hall–Kier alpha value is -2.46. The fraction of sp³-hybridized carbons (Fsp3) is 0.360. The van der Waals surface area contributed by atoms with Gasteiger partial charge in [0.25, 0.3) is 0 Å². The average Bonchev–Trinajstić information content (AvgIpc) is 3.10. The third kappa shape index (κ3) is 5.33.